The highest BCUT2D eigenvalue weighted by Crippen LogP contribution is 2.32. The maximum Gasteiger partial charge on any atom is 0.407 e. The molecule has 0 spiro atoms. The van der Waals surface area contributed by atoms with Gasteiger partial charge in [-0.25, -0.2) is 9.59 Å². The fourth-order valence-corrected chi connectivity index (χ4v) is 2.55. The number of hydrogen-bond acceptors (Lipinski definition) is 6. The van der Waals surface area contributed by atoms with Gasteiger partial charge in [-0.05, 0) is 23.6 Å². The molecule has 24 heavy (non-hydrogen) atoms. The number of esters is 1. The molecule has 1 atom stereocenters. The van der Waals surface area contributed by atoms with Crippen LogP contribution in [0, 0.1) is 0 Å². The Kier molecular flexibility index (Phi) is 4.41. The molecule has 0 aromatic heterocycles. The highest BCUT2D eigenvalue weighted by atomic mass is 16.6. The molecule has 1 N–H and O–H groups in total. The molecule has 3 rings (SSSR count). The summed E-state index contributed by atoms with van der Waals surface area (Å²) in [5.41, 5.74) is 0.348. The predicted molar refractivity (Wildman–Crippen MR) is 85.6 cm³/mol. The number of methoxy groups -OCH3 is 2. The van der Waals surface area contributed by atoms with Crippen molar-refractivity contribution in [2.75, 3.05) is 27.4 Å². The maximum absolute atomic E-state index is 11.9. The van der Waals surface area contributed by atoms with Crippen LogP contribution in [0.5, 0.6) is 11.5 Å². The molecular formula is C17H17NO6. The number of carbonyl (C=O) groups is 2. The van der Waals surface area contributed by atoms with Crippen molar-refractivity contribution in [3.63, 3.8) is 0 Å². The number of hydrogen-bond donors (Lipinski definition) is 1. The number of fused-ring (bicyclic) bond motifs is 1. The first kappa shape index (κ1) is 15.9. The van der Waals surface area contributed by atoms with E-state index < -0.39 is 12.1 Å². The minimum atomic E-state index is -0.467. The Balaban J connectivity index is 1.91. The normalized spacial score (nSPS) is 16.4. The van der Waals surface area contributed by atoms with Crippen LogP contribution < -0.4 is 14.8 Å². The number of nitrogens with one attached hydrogen (secondary N) is 1. The zero-order valence-corrected chi connectivity index (χ0v) is 13.3. The second kappa shape index (κ2) is 6.66. The predicted octanol–water partition coefficient (Wildman–Crippen LogP) is 2.12. The summed E-state index contributed by atoms with van der Waals surface area (Å²) in [7, 11) is 2.81. The van der Waals surface area contributed by atoms with Gasteiger partial charge in [0.2, 0.25) is 0 Å². The maximum atomic E-state index is 11.9. The summed E-state index contributed by atoms with van der Waals surface area (Å²) in [6.07, 6.45) is -0.439. The lowest BCUT2D eigenvalue weighted by Gasteiger charge is -2.14. The summed E-state index contributed by atoms with van der Waals surface area (Å²) in [4.78, 5) is 22.9. The van der Waals surface area contributed by atoms with Crippen molar-refractivity contribution in [3.8, 4) is 11.5 Å². The molecule has 7 nitrogen and oxygen atoms in total. The van der Waals surface area contributed by atoms with Gasteiger partial charge in [0.25, 0.3) is 0 Å². The molecule has 0 bridgehead atoms. The van der Waals surface area contributed by atoms with E-state index in [2.05, 4.69) is 5.32 Å². The molecule has 0 aliphatic carbocycles. The van der Waals surface area contributed by atoms with Crippen LogP contribution in [0.25, 0.3) is 10.8 Å². The van der Waals surface area contributed by atoms with Gasteiger partial charge in [-0.3, -0.25) is 0 Å². The Morgan fingerprint density at radius 1 is 1.29 bits per heavy atom. The number of benzene rings is 2. The van der Waals surface area contributed by atoms with Crippen LogP contribution in [0.1, 0.15) is 10.4 Å². The highest BCUT2D eigenvalue weighted by Gasteiger charge is 2.23. The lowest BCUT2D eigenvalue weighted by Crippen LogP contribution is -2.32. The van der Waals surface area contributed by atoms with Crippen molar-refractivity contribution < 1.29 is 28.5 Å². The van der Waals surface area contributed by atoms with Crippen LogP contribution in [0.4, 0.5) is 4.79 Å². The Bertz CT molecular complexity index is 788. The van der Waals surface area contributed by atoms with Gasteiger partial charge in [0.15, 0.2) is 0 Å². The van der Waals surface area contributed by atoms with Crippen molar-refractivity contribution in [1.82, 2.24) is 5.32 Å². The van der Waals surface area contributed by atoms with Gasteiger partial charge in [-0.1, -0.05) is 12.1 Å². The zero-order valence-electron chi connectivity index (χ0n) is 13.3. The number of carbonyl (C=O) groups excluding carboxylic acids is 2. The van der Waals surface area contributed by atoms with Gasteiger partial charge >= 0.3 is 12.1 Å². The average molecular weight is 331 g/mol. The molecule has 1 heterocycles. The van der Waals surface area contributed by atoms with Gasteiger partial charge in [-0.2, -0.15) is 0 Å². The summed E-state index contributed by atoms with van der Waals surface area (Å²) in [6, 6.07) is 8.76. The van der Waals surface area contributed by atoms with E-state index in [1.807, 2.05) is 18.2 Å². The summed E-state index contributed by atoms with van der Waals surface area (Å²) in [5.74, 6) is 0.567. The summed E-state index contributed by atoms with van der Waals surface area (Å²) < 4.78 is 20.7. The molecular weight excluding hydrogens is 314 g/mol. The van der Waals surface area contributed by atoms with E-state index in [-0.39, 0.29) is 19.3 Å². The van der Waals surface area contributed by atoms with Crippen molar-refractivity contribution in [2.24, 2.45) is 0 Å². The lowest BCUT2D eigenvalue weighted by molar-refractivity contribution is 0.0597. The molecule has 1 amide bonds. The quantitative estimate of drug-likeness (QED) is 0.845. The molecule has 0 radical (unpaired) electrons. The molecule has 2 aromatic rings. The third-order valence-electron chi connectivity index (χ3n) is 3.74. The summed E-state index contributed by atoms with van der Waals surface area (Å²) in [6.45, 7) is 0.561. The Hall–Kier alpha value is -2.96. The van der Waals surface area contributed by atoms with Crippen molar-refractivity contribution in [3.05, 3.63) is 35.9 Å². The number of alkyl carbamates (subject to hydrolysis) is 1. The van der Waals surface area contributed by atoms with Crippen molar-refractivity contribution in [2.45, 2.75) is 6.04 Å². The highest BCUT2D eigenvalue weighted by molar-refractivity contribution is 6.00. The fourth-order valence-electron chi connectivity index (χ4n) is 2.55. The van der Waals surface area contributed by atoms with Crippen molar-refractivity contribution >= 4 is 22.8 Å². The van der Waals surface area contributed by atoms with E-state index in [4.69, 9.17) is 18.9 Å². The minimum absolute atomic E-state index is 0.191. The van der Waals surface area contributed by atoms with Crippen LogP contribution in [0.15, 0.2) is 30.3 Å². The molecule has 1 fully saturated rings. The first-order valence-electron chi connectivity index (χ1n) is 7.37. The SMILES string of the molecule is COC(=O)c1cc2cccc(OC[C@@H]3COC(=O)N3)c2cc1OC. The van der Waals surface area contributed by atoms with Gasteiger partial charge in [0.05, 0.1) is 14.2 Å². The van der Waals surface area contributed by atoms with E-state index in [1.165, 1.54) is 14.2 Å². The van der Waals surface area contributed by atoms with E-state index in [1.54, 1.807) is 12.1 Å². The van der Waals surface area contributed by atoms with Gasteiger partial charge in [0.1, 0.15) is 36.3 Å². The molecule has 1 aliphatic heterocycles. The topological polar surface area (TPSA) is 83.1 Å². The van der Waals surface area contributed by atoms with E-state index in [0.717, 1.165) is 10.8 Å². The van der Waals surface area contributed by atoms with Crippen LogP contribution >= 0.6 is 0 Å². The van der Waals surface area contributed by atoms with E-state index in [9.17, 15) is 9.59 Å². The van der Waals surface area contributed by atoms with Gasteiger partial charge < -0.3 is 24.3 Å². The largest absolute Gasteiger partial charge is 0.496 e. The lowest BCUT2D eigenvalue weighted by atomic mass is 10.0. The van der Waals surface area contributed by atoms with E-state index in [0.29, 0.717) is 17.1 Å². The van der Waals surface area contributed by atoms with Gasteiger partial charge in [-0.15, -0.1) is 0 Å². The Morgan fingerprint density at radius 2 is 2.12 bits per heavy atom. The Morgan fingerprint density at radius 3 is 2.79 bits per heavy atom. The molecule has 2 aromatic carbocycles. The number of rotatable bonds is 5. The molecule has 1 saturated heterocycles. The third-order valence-corrected chi connectivity index (χ3v) is 3.74. The monoisotopic (exact) mass is 331 g/mol. The number of amides is 1. The van der Waals surface area contributed by atoms with Crippen LogP contribution in [0.3, 0.4) is 0 Å². The Labute approximate surface area is 138 Å². The smallest absolute Gasteiger partial charge is 0.407 e. The van der Waals surface area contributed by atoms with Gasteiger partial charge in [0, 0.05) is 5.39 Å². The molecule has 7 heteroatoms. The summed E-state index contributed by atoms with van der Waals surface area (Å²) in [5, 5.41) is 4.27. The number of ether oxygens (including phenoxy) is 4. The second-order valence-corrected chi connectivity index (χ2v) is 5.27. The van der Waals surface area contributed by atoms with E-state index >= 15 is 0 Å². The standard InChI is InChI=1S/C17H17NO6/c1-21-15-7-12-10(6-13(15)16(19)22-2)4-3-5-14(12)23-8-11-9-24-17(20)18-11/h3-7,11H,8-9H2,1-2H3,(H,18,20)/t11-/m1/s1. The first-order chi connectivity index (χ1) is 11.6. The fraction of sp³-hybridized carbons (Fsp3) is 0.294. The zero-order chi connectivity index (χ0) is 17.1. The van der Waals surface area contributed by atoms with Crippen molar-refractivity contribution in [1.29, 1.82) is 0 Å². The third kappa shape index (κ3) is 3.05. The van der Waals surface area contributed by atoms with Crippen LogP contribution in [0.2, 0.25) is 0 Å². The number of cyclic esters (lactones) is 1. The average Bonchev–Trinajstić information content (AvgIpc) is 3.03. The minimum Gasteiger partial charge on any atom is -0.496 e. The second-order valence-electron chi connectivity index (χ2n) is 5.27. The van der Waals surface area contributed by atoms with Crippen LogP contribution in [-0.4, -0.2) is 45.5 Å². The molecule has 1 aliphatic rings. The summed E-state index contributed by atoms with van der Waals surface area (Å²) >= 11 is 0. The molecule has 126 valence electrons. The van der Waals surface area contributed by atoms with Crippen LogP contribution in [-0.2, 0) is 9.47 Å². The first-order valence-corrected chi connectivity index (χ1v) is 7.37. The molecule has 0 saturated carbocycles. The molecule has 0 unspecified atom stereocenters.